The number of aromatic nitrogens is 1. The Morgan fingerprint density at radius 2 is 2.05 bits per heavy atom. The van der Waals surface area contributed by atoms with Crippen molar-refractivity contribution in [3.05, 3.63) is 65.3 Å². The third kappa shape index (κ3) is 1.87. The fourth-order valence-electron chi connectivity index (χ4n) is 2.71. The molecule has 20 heavy (non-hydrogen) atoms. The van der Waals surface area contributed by atoms with Gasteiger partial charge in [-0.2, -0.15) is 0 Å². The molecule has 3 aromatic rings. The molecule has 1 aliphatic heterocycles. The number of benzene rings is 1. The molecular weight excluding hydrogens is 264 g/mol. The molecule has 1 aromatic carbocycles. The van der Waals surface area contributed by atoms with Crippen molar-refractivity contribution in [2.75, 3.05) is 11.9 Å². The van der Waals surface area contributed by atoms with E-state index in [1.165, 1.54) is 27.3 Å². The highest BCUT2D eigenvalue weighted by Gasteiger charge is 2.20. The van der Waals surface area contributed by atoms with Crippen molar-refractivity contribution < 1.29 is 0 Å². The van der Waals surface area contributed by atoms with Crippen molar-refractivity contribution in [1.82, 2.24) is 4.98 Å². The van der Waals surface area contributed by atoms with Crippen LogP contribution < -0.4 is 5.32 Å². The van der Waals surface area contributed by atoms with E-state index in [4.69, 9.17) is 0 Å². The molecule has 0 radical (unpaired) electrons. The van der Waals surface area contributed by atoms with Gasteiger partial charge in [0.2, 0.25) is 0 Å². The molecule has 0 unspecified atom stereocenters. The maximum atomic E-state index is 3.49. The van der Waals surface area contributed by atoms with E-state index < -0.39 is 0 Å². The number of H-pyrrole nitrogens is 1. The fraction of sp³-hybridized carbons (Fsp3) is 0.0588. The van der Waals surface area contributed by atoms with E-state index in [0.717, 1.165) is 12.2 Å². The summed E-state index contributed by atoms with van der Waals surface area (Å²) in [5.74, 6) is 0. The van der Waals surface area contributed by atoms with Crippen molar-refractivity contribution in [2.24, 2.45) is 0 Å². The number of aromatic amines is 1. The number of nitrogens with one attached hydrogen (secondary N) is 2. The van der Waals surface area contributed by atoms with Gasteiger partial charge in [-0.15, -0.1) is 11.3 Å². The zero-order valence-electron chi connectivity index (χ0n) is 10.9. The number of fused-ring (bicyclic) bond motifs is 1. The van der Waals surface area contributed by atoms with E-state index in [9.17, 15) is 0 Å². The van der Waals surface area contributed by atoms with Crippen LogP contribution in [0.15, 0.2) is 54.0 Å². The van der Waals surface area contributed by atoms with Gasteiger partial charge in [0.15, 0.2) is 0 Å². The van der Waals surface area contributed by atoms with Crippen LogP contribution in [0.4, 0.5) is 5.69 Å². The molecule has 0 atom stereocenters. The lowest BCUT2D eigenvalue weighted by Crippen LogP contribution is -1.91. The van der Waals surface area contributed by atoms with Crippen LogP contribution in [0.25, 0.3) is 22.1 Å². The minimum absolute atomic E-state index is 0.886. The predicted molar refractivity (Wildman–Crippen MR) is 86.9 cm³/mol. The van der Waals surface area contributed by atoms with Gasteiger partial charge in [0.25, 0.3) is 0 Å². The lowest BCUT2D eigenvalue weighted by Gasteiger charge is -2.07. The van der Waals surface area contributed by atoms with Crippen LogP contribution in [-0.4, -0.2) is 11.5 Å². The maximum absolute atomic E-state index is 3.49. The van der Waals surface area contributed by atoms with Gasteiger partial charge in [-0.3, -0.25) is 0 Å². The Balaban J connectivity index is 1.88. The van der Waals surface area contributed by atoms with Crippen LogP contribution in [0, 0.1) is 0 Å². The lowest BCUT2D eigenvalue weighted by molar-refractivity contribution is 1.37. The summed E-state index contributed by atoms with van der Waals surface area (Å²) in [6.45, 7) is 0.886. The predicted octanol–water partition coefficient (Wildman–Crippen LogP) is 4.71. The molecule has 0 amide bonds. The van der Waals surface area contributed by atoms with E-state index in [0.29, 0.717) is 0 Å². The standard InChI is InChI=1S/C17H14N2S/c1-5-14(16-7-3-9-20-16)17-12(11-19-15(17)6-1)10-13-4-2-8-18-13/h1-10,18-19H,11H2/b12-10+. The Hall–Kier alpha value is -2.26. The molecule has 3 heterocycles. The first kappa shape index (κ1) is 11.6. The molecule has 1 aliphatic rings. The molecule has 0 saturated carbocycles. The largest absolute Gasteiger partial charge is 0.380 e. The Kier molecular flexibility index (Phi) is 2.71. The smallest absolute Gasteiger partial charge is 0.0426 e. The Labute approximate surface area is 121 Å². The van der Waals surface area contributed by atoms with Crippen molar-refractivity contribution in [3.63, 3.8) is 0 Å². The average Bonchev–Trinajstić information content (AvgIpc) is 3.20. The Morgan fingerprint density at radius 1 is 1.05 bits per heavy atom. The summed E-state index contributed by atoms with van der Waals surface area (Å²) in [7, 11) is 0. The molecule has 0 aliphatic carbocycles. The van der Waals surface area contributed by atoms with Gasteiger partial charge < -0.3 is 10.3 Å². The molecule has 2 aromatic heterocycles. The van der Waals surface area contributed by atoms with Gasteiger partial charge in [0.1, 0.15) is 0 Å². The third-order valence-electron chi connectivity index (χ3n) is 3.59. The summed E-state index contributed by atoms with van der Waals surface area (Å²) >= 11 is 1.79. The zero-order valence-corrected chi connectivity index (χ0v) is 11.7. The van der Waals surface area contributed by atoms with Crippen LogP contribution in [0.1, 0.15) is 11.3 Å². The zero-order chi connectivity index (χ0) is 13.4. The second-order valence-corrected chi connectivity index (χ2v) is 5.80. The van der Waals surface area contributed by atoms with E-state index in [1.54, 1.807) is 11.3 Å². The summed E-state index contributed by atoms with van der Waals surface area (Å²) in [4.78, 5) is 4.57. The van der Waals surface area contributed by atoms with Crippen LogP contribution >= 0.6 is 11.3 Å². The van der Waals surface area contributed by atoms with Crippen LogP contribution in [0.5, 0.6) is 0 Å². The average molecular weight is 278 g/mol. The summed E-state index contributed by atoms with van der Waals surface area (Å²) < 4.78 is 0. The van der Waals surface area contributed by atoms with Crippen LogP contribution in [0.2, 0.25) is 0 Å². The molecule has 0 bridgehead atoms. The SMILES string of the molecule is C(=C1/CNc2cccc(-c3cccs3)c21)/c1ccc[nH]1. The summed E-state index contributed by atoms with van der Waals surface area (Å²) in [5, 5.41) is 5.62. The number of hydrogen-bond acceptors (Lipinski definition) is 2. The number of thiophene rings is 1. The molecule has 2 nitrogen and oxygen atoms in total. The number of rotatable bonds is 2. The van der Waals surface area contributed by atoms with Gasteiger partial charge in [0, 0.05) is 40.1 Å². The van der Waals surface area contributed by atoms with Gasteiger partial charge in [-0.25, -0.2) is 0 Å². The van der Waals surface area contributed by atoms with E-state index >= 15 is 0 Å². The van der Waals surface area contributed by atoms with Crippen molar-refractivity contribution >= 4 is 28.7 Å². The van der Waals surface area contributed by atoms with Crippen molar-refractivity contribution in [3.8, 4) is 10.4 Å². The monoisotopic (exact) mass is 278 g/mol. The van der Waals surface area contributed by atoms with E-state index in [-0.39, 0.29) is 0 Å². The molecule has 0 spiro atoms. The minimum atomic E-state index is 0.886. The molecular formula is C17H14N2S. The highest BCUT2D eigenvalue weighted by atomic mass is 32.1. The van der Waals surface area contributed by atoms with Crippen molar-refractivity contribution in [2.45, 2.75) is 0 Å². The van der Waals surface area contributed by atoms with Gasteiger partial charge in [-0.1, -0.05) is 18.2 Å². The number of hydrogen-bond donors (Lipinski definition) is 2. The molecule has 0 saturated heterocycles. The van der Waals surface area contributed by atoms with Gasteiger partial charge in [-0.05, 0) is 41.3 Å². The second-order valence-electron chi connectivity index (χ2n) is 4.85. The molecule has 4 rings (SSSR count). The quantitative estimate of drug-likeness (QED) is 0.698. The molecule has 0 fully saturated rings. The summed E-state index contributed by atoms with van der Waals surface area (Å²) in [6.07, 6.45) is 4.19. The Morgan fingerprint density at radius 3 is 2.85 bits per heavy atom. The number of anilines is 1. The maximum Gasteiger partial charge on any atom is 0.0426 e. The third-order valence-corrected chi connectivity index (χ3v) is 4.50. The minimum Gasteiger partial charge on any atom is -0.380 e. The Bertz CT molecular complexity index is 752. The summed E-state index contributed by atoms with van der Waals surface area (Å²) in [5.41, 5.74) is 6.38. The topological polar surface area (TPSA) is 27.8 Å². The highest BCUT2D eigenvalue weighted by Crippen LogP contribution is 2.40. The van der Waals surface area contributed by atoms with Gasteiger partial charge in [0.05, 0.1) is 0 Å². The first-order valence-electron chi connectivity index (χ1n) is 6.67. The second kappa shape index (κ2) is 4.69. The lowest BCUT2D eigenvalue weighted by atomic mass is 9.99. The van der Waals surface area contributed by atoms with Gasteiger partial charge >= 0.3 is 0 Å². The van der Waals surface area contributed by atoms with Crippen LogP contribution in [0.3, 0.4) is 0 Å². The molecule has 2 N–H and O–H groups in total. The van der Waals surface area contributed by atoms with E-state index in [2.05, 4.69) is 58.2 Å². The van der Waals surface area contributed by atoms with Crippen molar-refractivity contribution in [1.29, 1.82) is 0 Å². The normalized spacial score (nSPS) is 15.3. The molecule has 98 valence electrons. The van der Waals surface area contributed by atoms with E-state index in [1.807, 2.05) is 12.3 Å². The first-order chi connectivity index (χ1) is 9.92. The van der Waals surface area contributed by atoms with Crippen LogP contribution in [-0.2, 0) is 0 Å². The fourth-order valence-corrected chi connectivity index (χ4v) is 3.46. The molecule has 3 heteroatoms. The summed E-state index contributed by atoms with van der Waals surface area (Å²) in [6, 6.07) is 14.9. The first-order valence-corrected chi connectivity index (χ1v) is 7.55. The highest BCUT2D eigenvalue weighted by molar-refractivity contribution is 7.13.